The SMILES string of the molecule is CC1(O)CCCN(C(=O)c2ccc(Cl)cc2Cl)CC1. The summed E-state index contributed by atoms with van der Waals surface area (Å²) in [6.07, 6.45) is 2.10. The van der Waals surface area contributed by atoms with E-state index in [9.17, 15) is 9.90 Å². The van der Waals surface area contributed by atoms with E-state index in [1.54, 1.807) is 23.1 Å². The van der Waals surface area contributed by atoms with Crippen LogP contribution in [0.1, 0.15) is 36.5 Å². The van der Waals surface area contributed by atoms with E-state index in [1.807, 2.05) is 6.92 Å². The van der Waals surface area contributed by atoms with Gasteiger partial charge in [0.15, 0.2) is 0 Å². The average Bonchev–Trinajstić information content (AvgIpc) is 2.49. The predicted octanol–water partition coefficient (Wildman–Crippen LogP) is 3.37. The maximum absolute atomic E-state index is 12.4. The molecule has 1 unspecified atom stereocenters. The Bertz CT molecular complexity index is 488. The van der Waals surface area contributed by atoms with Crippen molar-refractivity contribution in [1.82, 2.24) is 4.90 Å². The lowest BCUT2D eigenvalue weighted by molar-refractivity contribution is 0.0438. The smallest absolute Gasteiger partial charge is 0.255 e. The monoisotopic (exact) mass is 301 g/mol. The van der Waals surface area contributed by atoms with Crippen LogP contribution in [0.2, 0.25) is 10.0 Å². The molecule has 1 aliphatic heterocycles. The van der Waals surface area contributed by atoms with Crippen molar-refractivity contribution in [3.8, 4) is 0 Å². The first-order chi connectivity index (χ1) is 8.89. The van der Waals surface area contributed by atoms with E-state index in [2.05, 4.69) is 0 Å². The van der Waals surface area contributed by atoms with Gasteiger partial charge in [-0.3, -0.25) is 4.79 Å². The topological polar surface area (TPSA) is 40.5 Å². The number of rotatable bonds is 1. The molecule has 1 aliphatic rings. The highest BCUT2D eigenvalue weighted by atomic mass is 35.5. The molecule has 1 saturated heterocycles. The summed E-state index contributed by atoms with van der Waals surface area (Å²) in [6, 6.07) is 4.88. The highest BCUT2D eigenvalue weighted by molar-refractivity contribution is 6.36. The van der Waals surface area contributed by atoms with E-state index in [4.69, 9.17) is 23.2 Å². The summed E-state index contributed by atoms with van der Waals surface area (Å²) in [5, 5.41) is 10.9. The Hall–Kier alpha value is -0.770. The largest absolute Gasteiger partial charge is 0.390 e. The Morgan fingerprint density at radius 3 is 2.74 bits per heavy atom. The molecule has 0 spiro atoms. The summed E-state index contributed by atoms with van der Waals surface area (Å²) >= 11 is 11.9. The van der Waals surface area contributed by atoms with Gasteiger partial charge in [0.25, 0.3) is 5.91 Å². The second kappa shape index (κ2) is 5.70. The van der Waals surface area contributed by atoms with Crippen LogP contribution in [0, 0.1) is 0 Å². The lowest BCUT2D eigenvalue weighted by Crippen LogP contribution is -2.33. The fourth-order valence-corrected chi connectivity index (χ4v) is 2.79. The van der Waals surface area contributed by atoms with Gasteiger partial charge in [0.2, 0.25) is 0 Å². The molecule has 19 heavy (non-hydrogen) atoms. The van der Waals surface area contributed by atoms with Gasteiger partial charge in [-0.15, -0.1) is 0 Å². The van der Waals surface area contributed by atoms with Crippen molar-refractivity contribution in [3.63, 3.8) is 0 Å². The molecule has 0 aliphatic carbocycles. The van der Waals surface area contributed by atoms with Crippen LogP contribution in [0.25, 0.3) is 0 Å². The summed E-state index contributed by atoms with van der Waals surface area (Å²) in [7, 11) is 0. The van der Waals surface area contributed by atoms with Crippen molar-refractivity contribution < 1.29 is 9.90 Å². The normalized spacial score (nSPS) is 24.1. The zero-order valence-corrected chi connectivity index (χ0v) is 12.3. The molecule has 1 aromatic carbocycles. The third-order valence-electron chi connectivity index (χ3n) is 3.51. The van der Waals surface area contributed by atoms with Crippen molar-refractivity contribution in [1.29, 1.82) is 0 Å². The van der Waals surface area contributed by atoms with Gasteiger partial charge in [-0.2, -0.15) is 0 Å². The molecule has 1 amide bonds. The number of benzene rings is 1. The molecule has 1 atom stereocenters. The molecule has 0 saturated carbocycles. The van der Waals surface area contributed by atoms with Crippen LogP contribution in [0.15, 0.2) is 18.2 Å². The van der Waals surface area contributed by atoms with Crippen LogP contribution >= 0.6 is 23.2 Å². The minimum absolute atomic E-state index is 0.0978. The summed E-state index contributed by atoms with van der Waals surface area (Å²) in [6.45, 7) is 3.01. The van der Waals surface area contributed by atoms with E-state index < -0.39 is 5.60 Å². The Morgan fingerprint density at radius 2 is 2.05 bits per heavy atom. The Labute approximate surface area is 123 Å². The lowest BCUT2D eigenvalue weighted by Gasteiger charge is -2.23. The molecule has 1 aromatic rings. The third-order valence-corrected chi connectivity index (χ3v) is 4.06. The number of carbonyl (C=O) groups is 1. The molecule has 0 radical (unpaired) electrons. The first kappa shape index (κ1) is 14.6. The molecule has 104 valence electrons. The maximum atomic E-state index is 12.4. The fourth-order valence-electron chi connectivity index (χ4n) is 2.30. The van der Waals surface area contributed by atoms with Gasteiger partial charge in [-0.25, -0.2) is 0 Å². The molecule has 1 fully saturated rings. The zero-order chi connectivity index (χ0) is 14.0. The number of amides is 1. The zero-order valence-electron chi connectivity index (χ0n) is 10.8. The highest BCUT2D eigenvalue weighted by Crippen LogP contribution is 2.25. The van der Waals surface area contributed by atoms with E-state index in [0.717, 1.165) is 6.42 Å². The van der Waals surface area contributed by atoms with Crippen LogP contribution in [0.4, 0.5) is 0 Å². The molecular formula is C14H17Cl2NO2. The number of hydrogen-bond donors (Lipinski definition) is 1. The molecule has 1 N–H and O–H groups in total. The van der Waals surface area contributed by atoms with Crippen LogP contribution in [-0.2, 0) is 0 Å². The second-order valence-electron chi connectivity index (χ2n) is 5.27. The Morgan fingerprint density at radius 1 is 1.32 bits per heavy atom. The minimum atomic E-state index is -0.682. The number of halogens is 2. The number of nitrogens with zero attached hydrogens (tertiary/aromatic N) is 1. The van der Waals surface area contributed by atoms with Gasteiger partial charge >= 0.3 is 0 Å². The van der Waals surface area contributed by atoms with E-state index in [0.29, 0.717) is 41.5 Å². The van der Waals surface area contributed by atoms with Gasteiger partial charge in [0, 0.05) is 18.1 Å². The highest BCUT2D eigenvalue weighted by Gasteiger charge is 2.28. The summed E-state index contributed by atoms with van der Waals surface area (Å²) in [4.78, 5) is 14.2. The van der Waals surface area contributed by atoms with Crippen LogP contribution in [0.5, 0.6) is 0 Å². The van der Waals surface area contributed by atoms with Crippen LogP contribution < -0.4 is 0 Å². The van der Waals surface area contributed by atoms with Gasteiger partial charge in [-0.05, 0) is 44.4 Å². The number of hydrogen-bond acceptors (Lipinski definition) is 2. The molecule has 3 nitrogen and oxygen atoms in total. The average molecular weight is 302 g/mol. The van der Waals surface area contributed by atoms with Gasteiger partial charge in [0.1, 0.15) is 0 Å². The fraction of sp³-hybridized carbons (Fsp3) is 0.500. The van der Waals surface area contributed by atoms with Crippen molar-refractivity contribution in [2.45, 2.75) is 31.8 Å². The number of aliphatic hydroxyl groups is 1. The van der Waals surface area contributed by atoms with Gasteiger partial charge < -0.3 is 10.0 Å². The standard InChI is InChI=1S/C14H17Cl2NO2/c1-14(19)5-2-7-17(8-6-14)13(18)11-4-3-10(15)9-12(11)16/h3-4,9,19H,2,5-8H2,1H3. The minimum Gasteiger partial charge on any atom is -0.390 e. The number of carbonyl (C=O) groups excluding carboxylic acids is 1. The Balaban J connectivity index is 2.15. The molecule has 2 rings (SSSR count). The first-order valence-electron chi connectivity index (χ1n) is 6.36. The number of likely N-dealkylation sites (tertiary alicyclic amines) is 1. The first-order valence-corrected chi connectivity index (χ1v) is 7.11. The van der Waals surface area contributed by atoms with Gasteiger partial charge in [-0.1, -0.05) is 23.2 Å². The summed E-state index contributed by atoms with van der Waals surface area (Å²) in [5.74, 6) is -0.0978. The van der Waals surface area contributed by atoms with Gasteiger partial charge in [0.05, 0.1) is 16.2 Å². The molecule has 0 bridgehead atoms. The van der Waals surface area contributed by atoms with Crippen LogP contribution in [-0.4, -0.2) is 34.6 Å². The van der Waals surface area contributed by atoms with Crippen molar-refractivity contribution in [3.05, 3.63) is 33.8 Å². The maximum Gasteiger partial charge on any atom is 0.255 e. The van der Waals surface area contributed by atoms with Crippen molar-refractivity contribution >= 4 is 29.1 Å². The molecule has 1 heterocycles. The quantitative estimate of drug-likeness (QED) is 0.864. The molecule has 0 aromatic heterocycles. The second-order valence-corrected chi connectivity index (χ2v) is 6.11. The van der Waals surface area contributed by atoms with E-state index in [-0.39, 0.29) is 5.91 Å². The Kier molecular flexibility index (Phi) is 4.39. The summed E-state index contributed by atoms with van der Waals surface area (Å²) < 4.78 is 0. The molecule has 5 heteroatoms. The van der Waals surface area contributed by atoms with Crippen molar-refractivity contribution in [2.24, 2.45) is 0 Å². The predicted molar refractivity (Wildman–Crippen MR) is 76.8 cm³/mol. The third kappa shape index (κ3) is 3.62. The van der Waals surface area contributed by atoms with E-state index in [1.165, 1.54) is 0 Å². The van der Waals surface area contributed by atoms with Crippen molar-refractivity contribution in [2.75, 3.05) is 13.1 Å². The van der Waals surface area contributed by atoms with E-state index >= 15 is 0 Å². The van der Waals surface area contributed by atoms with Crippen LogP contribution in [0.3, 0.4) is 0 Å². The molecular weight excluding hydrogens is 285 g/mol. The summed E-state index contributed by atoms with van der Waals surface area (Å²) in [5.41, 5.74) is -0.216. The lowest BCUT2D eigenvalue weighted by atomic mass is 9.98.